The average Bonchev–Trinajstić information content (AvgIpc) is 2.59. The molecule has 0 heterocycles. The van der Waals surface area contributed by atoms with Crippen LogP contribution in [0.25, 0.3) is 11.1 Å². The molecule has 0 aromatic heterocycles. The highest BCUT2D eigenvalue weighted by Crippen LogP contribution is 2.25. The van der Waals surface area contributed by atoms with Gasteiger partial charge in [0.25, 0.3) is 0 Å². The maximum atomic E-state index is 11.9. The van der Waals surface area contributed by atoms with Crippen LogP contribution < -0.4 is 20.9 Å². The van der Waals surface area contributed by atoms with Crippen LogP contribution in [0.4, 0.5) is 5.69 Å². The summed E-state index contributed by atoms with van der Waals surface area (Å²) < 4.78 is 5.10. The quantitative estimate of drug-likeness (QED) is 0.731. The van der Waals surface area contributed by atoms with Crippen LogP contribution in [0.2, 0.25) is 5.02 Å². The van der Waals surface area contributed by atoms with Gasteiger partial charge >= 0.3 is 0 Å². The molecule has 0 amide bonds. The number of rotatable bonds is 5. The van der Waals surface area contributed by atoms with Crippen LogP contribution in [-0.2, 0) is 6.54 Å². The Balaban J connectivity index is 1.81. The average molecular weight is 328 g/mol. The van der Waals surface area contributed by atoms with Crippen molar-refractivity contribution in [2.75, 3.05) is 12.4 Å². The largest absolute Gasteiger partial charge is 0.497 e. The van der Waals surface area contributed by atoms with E-state index in [4.69, 9.17) is 16.3 Å². The van der Waals surface area contributed by atoms with Gasteiger partial charge in [-0.2, -0.15) is 0 Å². The third-order valence-corrected chi connectivity index (χ3v) is 3.92. The van der Waals surface area contributed by atoms with Gasteiger partial charge in [0.15, 0.2) is 0 Å². The lowest BCUT2D eigenvalue weighted by atomic mass is 9.98. The zero-order valence-corrected chi connectivity index (χ0v) is 13.2. The van der Waals surface area contributed by atoms with Crippen LogP contribution in [0, 0.1) is 0 Å². The molecule has 3 aromatic rings. The molecule has 1 N–H and O–H groups in total. The summed E-state index contributed by atoms with van der Waals surface area (Å²) >= 11 is 5.85. The van der Waals surface area contributed by atoms with Gasteiger partial charge in [0.05, 0.1) is 18.4 Å². The number of ether oxygens (including phenoxy) is 1. The van der Waals surface area contributed by atoms with Crippen molar-refractivity contribution in [3.63, 3.8) is 0 Å². The van der Waals surface area contributed by atoms with E-state index in [0.29, 0.717) is 28.4 Å². The Hall–Kier alpha value is -2.59. The first kappa shape index (κ1) is 15.3. The van der Waals surface area contributed by atoms with Crippen molar-refractivity contribution in [2.45, 2.75) is 6.54 Å². The smallest absolute Gasteiger partial charge is 0.250 e. The molecule has 5 heteroatoms. The Bertz CT molecular complexity index is 892. The Labute approximate surface area is 138 Å². The van der Waals surface area contributed by atoms with Crippen molar-refractivity contribution >= 4 is 17.3 Å². The summed E-state index contributed by atoms with van der Waals surface area (Å²) in [4.78, 5) is 23.7. The summed E-state index contributed by atoms with van der Waals surface area (Å²) in [6, 6.07) is 14.4. The van der Waals surface area contributed by atoms with Gasteiger partial charge in [0.2, 0.25) is 10.9 Å². The minimum atomic E-state index is -0.483. The normalized spacial score (nSPS) is 10.7. The third-order valence-electron chi connectivity index (χ3n) is 3.67. The zero-order chi connectivity index (χ0) is 16.4. The standard InChI is InChI=1S/C18H14ClNO3/c1-23-14-8-2-11(3-9-14)10-20-16-15(17(21)18(16)22)12-4-6-13(19)7-5-12/h2-9,20H,10H2,1H3. The molecule has 0 spiro atoms. The monoisotopic (exact) mass is 327 g/mol. The van der Waals surface area contributed by atoms with E-state index < -0.39 is 10.9 Å². The Morgan fingerprint density at radius 1 is 0.957 bits per heavy atom. The van der Waals surface area contributed by atoms with Crippen LogP contribution in [-0.4, -0.2) is 7.11 Å². The summed E-state index contributed by atoms with van der Waals surface area (Å²) in [6.45, 7) is 0.454. The molecule has 0 saturated heterocycles. The fraction of sp³-hybridized carbons (Fsp3) is 0.111. The molecule has 0 aliphatic heterocycles. The van der Waals surface area contributed by atoms with Crippen molar-refractivity contribution in [1.29, 1.82) is 0 Å². The molecular weight excluding hydrogens is 314 g/mol. The number of methoxy groups -OCH3 is 1. The van der Waals surface area contributed by atoms with Crippen molar-refractivity contribution in [3.8, 4) is 16.9 Å². The predicted octanol–water partition coefficient (Wildman–Crippen LogP) is 3.22. The molecule has 3 aromatic carbocycles. The van der Waals surface area contributed by atoms with E-state index in [-0.39, 0.29) is 0 Å². The molecule has 0 unspecified atom stereocenters. The minimum absolute atomic E-state index is 0.355. The maximum Gasteiger partial charge on any atom is 0.250 e. The molecule has 0 atom stereocenters. The number of hydrogen-bond donors (Lipinski definition) is 1. The Morgan fingerprint density at radius 2 is 1.61 bits per heavy atom. The summed E-state index contributed by atoms with van der Waals surface area (Å²) in [5.74, 6) is 0.768. The second-order valence-corrected chi connectivity index (χ2v) is 5.55. The van der Waals surface area contributed by atoms with E-state index in [1.807, 2.05) is 24.3 Å². The van der Waals surface area contributed by atoms with E-state index in [9.17, 15) is 9.59 Å². The van der Waals surface area contributed by atoms with Crippen molar-refractivity contribution < 1.29 is 4.74 Å². The molecule has 0 bridgehead atoms. The zero-order valence-electron chi connectivity index (χ0n) is 12.4. The number of nitrogens with one attached hydrogen (secondary N) is 1. The fourth-order valence-corrected chi connectivity index (χ4v) is 2.51. The first-order valence-corrected chi connectivity index (χ1v) is 7.44. The number of halogens is 1. The molecule has 116 valence electrons. The van der Waals surface area contributed by atoms with Gasteiger partial charge in [-0.3, -0.25) is 9.59 Å². The van der Waals surface area contributed by atoms with E-state index in [1.165, 1.54) is 0 Å². The highest BCUT2D eigenvalue weighted by molar-refractivity contribution is 6.30. The molecule has 0 radical (unpaired) electrons. The fourth-order valence-electron chi connectivity index (χ4n) is 2.39. The third kappa shape index (κ3) is 2.98. The van der Waals surface area contributed by atoms with Crippen LogP contribution >= 0.6 is 11.6 Å². The van der Waals surface area contributed by atoms with Gasteiger partial charge in [0.1, 0.15) is 5.75 Å². The van der Waals surface area contributed by atoms with E-state index in [1.54, 1.807) is 31.4 Å². The van der Waals surface area contributed by atoms with Crippen molar-refractivity contribution in [2.24, 2.45) is 0 Å². The van der Waals surface area contributed by atoms with Crippen LogP contribution in [0.15, 0.2) is 58.1 Å². The topological polar surface area (TPSA) is 55.4 Å². The van der Waals surface area contributed by atoms with Gasteiger partial charge in [-0.25, -0.2) is 0 Å². The maximum absolute atomic E-state index is 11.9. The summed E-state index contributed by atoms with van der Waals surface area (Å²) in [5, 5.41) is 3.64. The Morgan fingerprint density at radius 3 is 2.22 bits per heavy atom. The summed E-state index contributed by atoms with van der Waals surface area (Å²) in [7, 11) is 1.61. The van der Waals surface area contributed by atoms with Crippen LogP contribution in [0.3, 0.4) is 0 Å². The molecule has 0 aliphatic carbocycles. The molecule has 3 rings (SSSR count). The molecule has 23 heavy (non-hydrogen) atoms. The SMILES string of the molecule is COc1ccc(CNc2c(-c3ccc(Cl)cc3)c(=O)c2=O)cc1. The lowest BCUT2D eigenvalue weighted by Crippen LogP contribution is -2.36. The van der Waals surface area contributed by atoms with Crippen molar-refractivity contribution in [1.82, 2.24) is 0 Å². The van der Waals surface area contributed by atoms with Gasteiger partial charge in [-0.1, -0.05) is 35.9 Å². The predicted molar refractivity (Wildman–Crippen MR) is 92.1 cm³/mol. The highest BCUT2D eigenvalue weighted by Gasteiger charge is 2.21. The second kappa shape index (κ2) is 6.26. The van der Waals surface area contributed by atoms with E-state index in [0.717, 1.165) is 11.3 Å². The van der Waals surface area contributed by atoms with E-state index >= 15 is 0 Å². The molecule has 0 saturated carbocycles. The van der Waals surface area contributed by atoms with Gasteiger partial charge < -0.3 is 10.1 Å². The summed E-state index contributed by atoms with van der Waals surface area (Å²) in [6.07, 6.45) is 0. The van der Waals surface area contributed by atoms with Crippen LogP contribution in [0.5, 0.6) is 5.75 Å². The van der Waals surface area contributed by atoms with Gasteiger partial charge in [-0.05, 0) is 35.4 Å². The first-order chi connectivity index (χ1) is 11.1. The molecule has 0 aliphatic rings. The number of anilines is 1. The lowest BCUT2D eigenvalue weighted by molar-refractivity contribution is 0.414. The number of hydrogen-bond acceptors (Lipinski definition) is 4. The van der Waals surface area contributed by atoms with Gasteiger partial charge in [-0.15, -0.1) is 0 Å². The lowest BCUT2D eigenvalue weighted by Gasteiger charge is -2.13. The second-order valence-electron chi connectivity index (χ2n) is 5.12. The number of benzene rings is 2. The first-order valence-electron chi connectivity index (χ1n) is 7.06. The highest BCUT2D eigenvalue weighted by atomic mass is 35.5. The molecule has 4 nitrogen and oxygen atoms in total. The van der Waals surface area contributed by atoms with Gasteiger partial charge in [0, 0.05) is 11.6 Å². The molecule has 0 fully saturated rings. The van der Waals surface area contributed by atoms with E-state index in [2.05, 4.69) is 5.32 Å². The summed E-state index contributed by atoms with van der Waals surface area (Å²) in [5.41, 5.74) is 1.50. The van der Waals surface area contributed by atoms with Crippen molar-refractivity contribution in [3.05, 3.63) is 79.6 Å². The van der Waals surface area contributed by atoms with Crippen LogP contribution in [0.1, 0.15) is 5.56 Å². The Kier molecular flexibility index (Phi) is 4.17. The molecular formula is C18H14ClNO3. The minimum Gasteiger partial charge on any atom is -0.497 e.